The fraction of sp³-hybridized carbons (Fsp3) is 0.650. The number of hydrogen-bond donors (Lipinski definition) is 0. The van der Waals surface area contributed by atoms with Gasteiger partial charge in [-0.15, -0.1) is 0 Å². The molecule has 0 bridgehead atoms. The summed E-state index contributed by atoms with van der Waals surface area (Å²) < 4.78 is 5.94. The summed E-state index contributed by atoms with van der Waals surface area (Å²) >= 11 is 6.24. The van der Waals surface area contributed by atoms with Crippen molar-refractivity contribution in [2.75, 3.05) is 0 Å². The molecular weight excluding hydrogens is 308 g/mol. The van der Waals surface area contributed by atoms with Gasteiger partial charge in [-0.05, 0) is 35.3 Å². The molecule has 0 N–H and O–H groups in total. The third-order valence-electron chi connectivity index (χ3n) is 5.02. The average Bonchev–Trinajstić information content (AvgIpc) is 2.52. The van der Waals surface area contributed by atoms with Crippen LogP contribution < -0.4 is 4.74 Å². The number of hydrogen-bond acceptors (Lipinski definition) is 2. The molecule has 0 saturated heterocycles. The maximum absolute atomic E-state index is 10.5. The van der Waals surface area contributed by atoms with Crippen LogP contribution in [0.1, 0.15) is 78.4 Å². The van der Waals surface area contributed by atoms with Crippen molar-refractivity contribution in [1.29, 1.82) is 0 Å². The molecular formula is C20H31ClO2. The third kappa shape index (κ3) is 5.24. The van der Waals surface area contributed by atoms with Crippen molar-refractivity contribution in [2.24, 2.45) is 0 Å². The van der Waals surface area contributed by atoms with Gasteiger partial charge < -0.3 is 9.53 Å². The largest absolute Gasteiger partial charge is 0.474 e. The first kappa shape index (κ1) is 20.0. The lowest BCUT2D eigenvalue weighted by molar-refractivity contribution is -0.108. The van der Waals surface area contributed by atoms with Crippen LogP contribution in [0.5, 0.6) is 5.75 Å². The van der Waals surface area contributed by atoms with E-state index < -0.39 is 5.56 Å². The zero-order valence-corrected chi connectivity index (χ0v) is 16.2. The SMILES string of the molecule is CCC(C)(C)c1ccc(OC(Cl)CCC=O)c(C(C)(C)CC)c1. The van der Waals surface area contributed by atoms with Crippen molar-refractivity contribution in [3.63, 3.8) is 0 Å². The van der Waals surface area contributed by atoms with Crippen molar-refractivity contribution in [2.45, 2.75) is 83.6 Å². The third-order valence-corrected chi connectivity index (χ3v) is 5.33. The summed E-state index contributed by atoms with van der Waals surface area (Å²) in [6.45, 7) is 13.4. The van der Waals surface area contributed by atoms with E-state index in [-0.39, 0.29) is 10.8 Å². The first-order chi connectivity index (χ1) is 10.7. The van der Waals surface area contributed by atoms with Crippen LogP contribution in [0, 0.1) is 0 Å². The van der Waals surface area contributed by atoms with Crippen molar-refractivity contribution in [3.05, 3.63) is 29.3 Å². The van der Waals surface area contributed by atoms with Crippen LogP contribution in [0.3, 0.4) is 0 Å². The molecule has 1 unspecified atom stereocenters. The lowest BCUT2D eigenvalue weighted by Crippen LogP contribution is -2.22. The standard InChI is InChI=1S/C20H31ClO2/c1-7-19(3,4)15-11-12-17(23-18(21)10-9-13-22)16(14-15)20(5,6)8-2/h11-14,18H,7-10H2,1-6H3. The molecule has 130 valence electrons. The lowest BCUT2D eigenvalue weighted by Gasteiger charge is -2.31. The summed E-state index contributed by atoms with van der Waals surface area (Å²) in [5, 5.41) is 0. The molecule has 3 heteroatoms. The number of ether oxygens (including phenoxy) is 1. The number of alkyl halides is 1. The van der Waals surface area contributed by atoms with Gasteiger partial charge in [0.1, 0.15) is 12.0 Å². The second-order valence-corrected chi connectivity index (χ2v) is 7.94. The van der Waals surface area contributed by atoms with Crippen LogP contribution >= 0.6 is 11.6 Å². The van der Waals surface area contributed by atoms with E-state index in [9.17, 15) is 4.79 Å². The molecule has 0 amide bonds. The van der Waals surface area contributed by atoms with Crippen LogP contribution in [0.25, 0.3) is 0 Å². The predicted octanol–water partition coefficient (Wildman–Crippen LogP) is 5.98. The molecule has 0 radical (unpaired) electrons. The van der Waals surface area contributed by atoms with E-state index >= 15 is 0 Å². The van der Waals surface area contributed by atoms with Crippen LogP contribution in [0.15, 0.2) is 18.2 Å². The Bertz CT molecular complexity index is 520. The number of halogens is 1. The summed E-state index contributed by atoms with van der Waals surface area (Å²) in [4.78, 5) is 10.5. The van der Waals surface area contributed by atoms with E-state index in [1.54, 1.807) is 0 Å². The molecule has 0 saturated carbocycles. The van der Waals surface area contributed by atoms with Gasteiger partial charge in [-0.3, -0.25) is 0 Å². The summed E-state index contributed by atoms with van der Waals surface area (Å²) in [5.74, 6) is 0.832. The molecule has 0 aliphatic heterocycles. The monoisotopic (exact) mass is 338 g/mol. The fourth-order valence-electron chi connectivity index (χ4n) is 2.37. The molecule has 1 aromatic rings. The van der Waals surface area contributed by atoms with E-state index in [0.717, 1.165) is 24.9 Å². The van der Waals surface area contributed by atoms with Gasteiger partial charge in [0.05, 0.1) is 0 Å². The van der Waals surface area contributed by atoms with Crippen molar-refractivity contribution >= 4 is 17.9 Å². The Morgan fingerprint density at radius 2 is 1.74 bits per heavy atom. The van der Waals surface area contributed by atoms with Crippen molar-refractivity contribution in [1.82, 2.24) is 0 Å². The number of aldehydes is 1. The molecule has 1 rings (SSSR count). The molecule has 1 aromatic carbocycles. The minimum absolute atomic E-state index is 0.0103. The Morgan fingerprint density at radius 1 is 1.13 bits per heavy atom. The Kier molecular flexibility index (Phi) is 7.13. The van der Waals surface area contributed by atoms with E-state index in [1.165, 1.54) is 11.1 Å². The minimum atomic E-state index is -0.475. The second-order valence-electron chi connectivity index (χ2n) is 7.46. The molecule has 0 aliphatic carbocycles. The smallest absolute Gasteiger partial charge is 0.172 e. The maximum atomic E-state index is 10.5. The number of carbonyl (C=O) groups excluding carboxylic acids is 1. The molecule has 23 heavy (non-hydrogen) atoms. The molecule has 0 heterocycles. The van der Waals surface area contributed by atoms with Gasteiger partial charge in [0, 0.05) is 18.4 Å². The molecule has 2 nitrogen and oxygen atoms in total. The van der Waals surface area contributed by atoms with Gasteiger partial charge in [-0.2, -0.15) is 0 Å². The normalized spacial score (nSPS) is 13.7. The Labute approximate surface area is 146 Å². The summed E-state index contributed by atoms with van der Waals surface area (Å²) in [6.07, 6.45) is 3.92. The first-order valence-corrected chi connectivity index (χ1v) is 9.01. The Morgan fingerprint density at radius 3 is 2.26 bits per heavy atom. The zero-order valence-electron chi connectivity index (χ0n) is 15.4. The average molecular weight is 339 g/mol. The van der Waals surface area contributed by atoms with Crippen LogP contribution in [-0.2, 0) is 15.6 Å². The number of carbonyl (C=O) groups is 1. The summed E-state index contributed by atoms with van der Waals surface area (Å²) in [5.41, 5.74) is 2.18. The quantitative estimate of drug-likeness (QED) is 0.408. The Hall–Kier alpha value is -1.02. The highest BCUT2D eigenvalue weighted by atomic mass is 35.5. The first-order valence-electron chi connectivity index (χ1n) is 8.57. The van der Waals surface area contributed by atoms with Crippen molar-refractivity contribution in [3.8, 4) is 5.75 Å². The van der Waals surface area contributed by atoms with E-state index in [1.807, 2.05) is 6.07 Å². The van der Waals surface area contributed by atoms with Crippen molar-refractivity contribution < 1.29 is 9.53 Å². The van der Waals surface area contributed by atoms with E-state index in [4.69, 9.17) is 16.3 Å². The molecule has 0 aromatic heterocycles. The minimum Gasteiger partial charge on any atom is -0.474 e. The highest BCUT2D eigenvalue weighted by Crippen LogP contribution is 2.39. The predicted molar refractivity (Wildman–Crippen MR) is 98.6 cm³/mol. The van der Waals surface area contributed by atoms with Crippen LogP contribution in [0.2, 0.25) is 0 Å². The van der Waals surface area contributed by atoms with E-state index in [0.29, 0.717) is 12.8 Å². The lowest BCUT2D eigenvalue weighted by atomic mass is 9.76. The van der Waals surface area contributed by atoms with Crippen LogP contribution in [0.4, 0.5) is 0 Å². The fourth-order valence-corrected chi connectivity index (χ4v) is 2.59. The van der Waals surface area contributed by atoms with Gasteiger partial charge in [-0.25, -0.2) is 0 Å². The van der Waals surface area contributed by atoms with E-state index in [2.05, 4.69) is 53.7 Å². The molecule has 1 atom stereocenters. The van der Waals surface area contributed by atoms with Crippen LogP contribution in [-0.4, -0.2) is 11.8 Å². The van der Waals surface area contributed by atoms with Gasteiger partial charge in [0.15, 0.2) is 5.56 Å². The number of rotatable bonds is 9. The summed E-state index contributed by atoms with van der Waals surface area (Å²) in [6, 6.07) is 6.44. The number of benzene rings is 1. The second kappa shape index (κ2) is 8.19. The topological polar surface area (TPSA) is 26.3 Å². The maximum Gasteiger partial charge on any atom is 0.172 e. The highest BCUT2D eigenvalue weighted by molar-refractivity contribution is 6.19. The zero-order chi connectivity index (χ0) is 17.7. The van der Waals surface area contributed by atoms with Gasteiger partial charge >= 0.3 is 0 Å². The van der Waals surface area contributed by atoms with Gasteiger partial charge in [-0.1, -0.05) is 65.3 Å². The van der Waals surface area contributed by atoms with Gasteiger partial charge in [0.25, 0.3) is 0 Å². The Balaban J connectivity index is 3.22. The summed E-state index contributed by atoms with van der Waals surface area (Å²) in [7, 11) is 0. The highest BCUT2D eigenvalue weighted by Gasteiger charge is 2.27. The molecule has 0 fully saturated rings. The molecule has 0 aliphatic rings. The molecule has 0 spiro atoms. The van der Waals surface area contributed by atoms with Gasteiger partial charge in [0.2, 0.25) is 0 Å².